The molecule has 3 rings (SSSR count). The van der Waals surface area contributed by atoms with Crippen LogP contribution in [0.3, 0.4) is 0 Å². The van der Waals surface area contributed by atoms with Crippen LogP contribution in [-0.2, 0) is 4.79 Å². The Kier molecular flexibility index (Phi) is 4.85. The average Bonchev–Trinajstić information content (AvgIpc) is 2.59. The molecule has 6 heteroatoms. The van der Waals surface area contributed by atoms with Crippen molar-refractivity contribution in [3.63, 3.8) is 0 Å². The molecule has 1 aliphatic carbocycles. The second-order valence-corrected chi connectivity index (χ2v) is 6.64. The predicted molar refractivity (Wildman–Crippen MR) is 92.0 cm³/mol. The zero-order valence-electron chi connectivity index (χ0n) is 14.6. The van der Waals surface area contributed by atoms with E-state index in [9.17, 15) is 4.79 Å². The number of methoxy groups -OCH3 is 3. The van der Waals surface area contributed by atoms with Crippen molar-refractivity contribution in [1.29, 1.82) is 0 Å². The van der Waals surface area contributed by atoms with Gasteiger partial charge in [0.1, 0.15) is 0 Å². The quantitative estimate of drug-likeness (QED) is 0.884. The largest absolute Gasteiger partial charge is 0.493 e. The summed E-state index contributed by atoms with van der Waals surface area (Å²) in [6.45, 7) is 0. The standard InChI is InChI=1S/C18H26N2O4/c1-22-14-9-13-16(18(24-3)17(14)23-2)12(8-15(21)20-13)10-4-6-11(19)7-5-10/h9-12H,4-8,19H2,1-3H3,(H,20,21)/t10?,11?,12-/m0/s1. The van der Waals surface area contributed by atoms with Crippen molar-refractivity contribution in [2.45, 2.75) is 44.1 Å². The van der Waals surface area contributed by atoms with Crippen LogP contribution < -0.4 is 25.3 Å². The molecular formula is C18H26N2O4. The number of carbonyl (C=O) groups is 1. The molecular weight excluding hydrogens is 308 g/mol. The Morgan fingerprint density at radius 1 is 1.04 bits per heavy atom. The number of ether oxygens (including phenoxy) is 3. The van der Waals surface area contributed by atoms with Crippen molar-refractivity contribution >= 4 is 11.6 Å². The Hall–Kier alpha value is -1.95. The molecule has 1 saturated carbocycles. The molecule has 3 N–H and O–H groups in total. The molecule has 1 heterocycles. The van der Waals surface area contributed by atoms with Gasteiger partial charge in [-0.15, -0.1) is 0 Å². The van der Waals surface area contributed by atoms with E-state index in [0.29, 0.717) is 29.6 Å². The molecule has 0 unspecified atom stereocenters. The van der Waals surface area contributed by atoms with Gasteiger partial charge in [0.05, 0.1) is 27.0 Å². The Labute approximate surface area is 142 Å². The second kappa shape index (κ2) is 6.89. The van der Waals surface area contributed by atoms with Crippen molar-refractivity contribution in [3.8, 4) is 17.2 Å². The lowest BCUT2D eigenvalue weighted by Gasteiger charge is -2.37. The van der Waals surface area contributed by atoms with Crippen LogP contribution in [0.4, 0.5) is 5.69 Å². The number of carbonyl (C=O) groups excluding carboxylic acids is 1. The number of fused-ring (bicyclic) bond motifs is 1. The number of anilines is 1. The first kappa shape index (κ1) is 16.9. The summed E-state index contributed by atoms with van der Waals surface area (Å²) in [7, 11) is 4.80. The number of nitrogens with one attached hydrogen (secondary N) is 1. The number of hydrogen-bond acceptors (Lipinski definition) is 5. The minimum absolute atomic E-state index is 0.0386. The zero-order chi connectivity index (χ0) is 17.3. The number of nitrogens with two attached hydrogens (primary N) is 1. The van der Waals surface area contributed by atoms with E-state index in [1.807, 2.05) is 6.07 Å². The van der Waals surface area contributed by atoms with Crippen molar-refractivity contribution in [1.82, 2.24) is 0 Å². The van der Waals surface area contributed by atoms with E-state index in [2.05, 4.69) is 5.32 Å². The molecule has 1 fully saturated rings. The van der Waals surface area contributed by atoms with E-state index >= 15 is 0 Å². The van der Waals surface area contributed by atoms with Crippen molar-refractivity contribution in [2.24, 2.45) is 11.7 Å². The van der Waals surface area contributed by atoms with E-state index < -0.39 is 0 Å². The Morgan fingerprint density at radius 3 is 2.29 bits per heavy atom. The highest BCUT2D eigenvalue weighted by Gasteiger charge is 2.37. The van der Waals surface area contributed by atoms with Crippen LogP contribution in [0.5, 0.6) is 17.2 Å². The van der Waals surface area contributed by atoms with E-state index in [1.54, 1.807) is 21.3 Å². The van der Waals surface area contributed by atoms with Crippen LogP contribution in [0.1, 0.15) is 43.6 Å². The molecule has 0 radical (unpaired) electrons. The van der Waals surface area contributed by atoms with Crippen LogP contribution in [0.15, 0.2) is 6.07 Å². The Bertz CT molecular complexity index is 624. The van der Waals surface area contributed by atoms with Gasteiger partial charge in [0.15, 0.2) is 11.5 Å². The predicted octanol–water partition coefficient (Wildman–Crippen LogP) is 2.66. The molecule has 1 aromatic rings. The van der Waals surface area contributed by atoms with Gasteiger partial charge in [0.2, 0.25) is 11.7 Å². The van der Waals surface area contributed by atoms with Gasteiger partial charge in [-0.1, -0.05) is 0 Å². The maximum atomic E-state index is 12.2. The minimum atomic E-state index is 0.0386. The molecule has 0 spiro atoms. The summed E-state index contributed by atoms with van der Waals surface area (Å²) in [6, 6.07) is 2.11. The third-order valence-electron chi connectivity index (χ3n) is 5.30. The van der Waals surface area contributed by atoms with Crippen LogP contribution in [0, 0.1) is 5.92 Å². The summed E-state index contributed by atoms with van der Waals surface area (Å²) in [5.74, 6) is 2.38. The molecule has 24 heavy (non-hydrogen) atoms. The Morgan fingerprint density at radius 2 is 1.71 bits per heavy atom. The number of hydrogen-bond donors (Lipinski definition) is 2. The van der Waals surface area contributed by atoms with Crippen molar-refractivity contribution in [2.75, 3.05) is 26.6 Å². The molecule has 0 saturated heterocycles. The first-order chi connectivity index (χ1) is 11.6. The van der Waals surface area contributed by atoms with Gasteiger partial charge in [0, 0.05) is 30.0 Å². The number of amides is 1. The molecule has 132 valence electrons. The van der Waals surface area contributed by atoms with Crippen molar-refractivity contribution < 1.29 is 19.0 Å². The molecule has 0 aromatic heterocycles. The second-order valence-electron chi connectivity index (χ2n) is 6.64. The van der Waals surface area contributed by atoms with Gasteiger partial charge >= 0.3 is 0 Å². The number of benzene rings is 1. The van der Waals surface area contributed by atoms with Gasteiger partial charge in [-0.05, 0) is 31.6 Å². The molecule has 1 atom stereocenters. The highest BCUT2D eigenvalue weighted by Crippen LogP contribution is 2.53. The zero-order valence-corrected chi connectivity index (χ0v) is 14.6. The lowest BCUT2D eigenvalue weighted by molar-refractivity contribution is -0.117. The SMILES string of the molecule is COc1cc2c(c(OC)c1OC)[C@H](C1CCC(N)CC1)CC(=O)N2. The van der Waals surface area contributed by atoms with Crippen LogP contribution in [0.25, 0.3) is 0 Å². The highest BCUT2D eigenvalue weighted by atomic mass is 16.5. The summed E-state index contributed by atoms with van der Waals surface area (Å²) in [5, 5.41) is 2.96. The monoisotopic (exact) mass is 334 g/mol. The van der Waals surface area contributed by atoms with Gasteiger partial charge < -0.3 is 25.3 Å². The van der Waals surface area contributed by atoms with Crippen LogP contribution in [0.2, 0.25) is 0 Å². The topological polar surface area (TPSA) is 82.8 Å². The third kappa shape index (κ3) is 2.90. The van der Waals surface area contributed by atoms with Crippen LogP contribution >= 0.6 is 0 Å². The summed E-state index contributed by atoms with van der Waals surface area (Å²) in [4.78, 5) is 12.2. The first-order valence-corrected chi connectivity index (χ1v) is 8.47. The van der Waals surface area contributed by atoms with Crippen LogP contribution in [-0.4, -0.2) is 33.3 Å². The molecule has 1 aromatic carbocycles. The fourth-order valence-corrected chi connectivity index (χ4v) is 4.10. The number of rotatable bonds is 4. The maximum absolute atomic E-state index is 12.2. The molecule has 0 bridgehead atoms. The fourth-order valence-electron chi connectivity index (χ4n) is 4.10. The van der Waals surface area contributed by atoms with Gasteiger partial charge in [0.25, 0.3) is 0 Å². The summed E-state index contributed by atoms with van der Waals surface area (Å²) in [5.41, 5.74) is 7.84. The lowest BCUT2D eigenvalue weighted by atomic mass is 9.72. The smallest absolute Gasteiger partial charge is 0.225 e. The fraction of sp³-hybridized carbons (Fsp3) is 0.611. The van der Waals surface area contributed by atoms with Gasteiger partial charge in [-0.3, -0.25) is 4.79 Å². The molecule has 2 aliphatic rings. The molecule has 1 amide bonds. The third-order valence-corrected chi connectivity index (χ3v) is 5.30. The van der Waals surface area contributed by atoms with Gasteiger partial charge in [-0.2, -0.15) is 0 Å². The van der Waals surface area contributed by atoms with E-state index in [-0.39, 0.29) is 17.9 Å². The maximum Gasteiger partial charge on any atom is 0.225 e. The molecule has 6 nitrogen and oxygen atoms in total. The normalized spacial score (nSPS) is 26.3. The van der Waals surface area contributed by atoms with E-state index in [1.165, 1.54) is 0 Å². The highest BCUT2D eigenvalue weighted by molar-refractivity contribution is 5.96. The van der Waals surface area contributed by atoms with Gasteiger partial charge in [-0.25, -0.2) is 0 Å². The molecule has 1 aliphatic heterocycles. The first-order valence-electron chi connectivity index (χ1n) is 8.47. The minimum Gasteiger partial charge on any atom is -0.493 e. The summed E-state index contributed by atoms with van der Waals surface area (Å²) < 4.78 is 16.6. The summed E-state index contributed by atoms with van der Waals surface area (Å²) >= 11 is 0. The average molecular weight is 334 g/mol. The summed E-state index contributed by atoms with van der Waals surface area (Å²) in [6.07, 6.45) is 4.56. The Balaban J connectivity index is 2.08. The van der Waals surface area contributed by atoms with E-state index in [0.717, 1.165) is 36.9 Å². The lowest BCUT2D eigenvalue weighted by Crippen LogP contribution is -2.33. The van der Waals surface area contributed by atoms with Crippen molar-refractivity contribution in [3.05, 3.63) is 11.6 Å². The van der Waals surface area contributed by atoms with E-state index in [4.69, 9.17) is 19.9 Å².